The average molecular weight is 384 g/mol. The normalized spacial score (nSPS) is 17.8. The molecule has 0 unspecified atom stereocenters. The second kappa shape index (κ2) is 6.70. The Hall–Kier alpha value is -3.30. The molecule has 1 aliphatic carbocycles. The molecule has 8 heteroatoms. The van der Waals surface area contributed by atoms with Crippen molar-refractivity contribution >= 4 is 11.6 Å². The summed E-state index contributed by atoms with van der Waals surface area (Å²) in [6.45, 7) is 0. The molecule has 0 amide bonds. The number of rotatable bonds is 4. The molecule has 0 bridgehead atoms. The maximum atomic E-state index is 12.7. The van der Waals surface area contributed by atoms with Crippen molar-refractivity contribution in [2.45, 2.75) is 11.6 Å². The predicted octanol–water partition coefficient (Wildman–Crippen LogP) is 0.572. The molecule has 8 nitrogen and oxygen atoms in total. The highest BCUT2D eigenvalue weighted by molar-refractivity contribution is 6.16. The molecule has 0 aliphatic heterocycles. The van der Waals surface area contributed by atoms with Crippen LogP contribution in [0.15, 0.2) is 77.6 Å². The van der Waals surface area contributed by atoms with Gasteiger partial charge in [0.1, 0.15) is 5.75 Å². The van der Waals surface area contributed by atoms with Crippen molar-refractivity contribution in [3.05, 3.63) is 88.7 Å². The van der Waals surface area contributed by atoms with Crippen LogP contribution in [-0.4, -0.2) is 53.8 Å². The molecule has 0 radical (unpaired) electrons. The number of allylic oxidation sites excluding steroid dienone is 2. The minimum atomic E-state index is -3.73. The molecule has 2 aromatic carbocycles. The first-order chi connectivity index (χ1) is 13.1. The highest BCUT2D eigenvalue weighted by atomic mass is 16.6. The van der Waals surface area contributed by atoms with Crippen LogP contribution in [0.1, 0.15) is 20.7 Å². The first kappa shape index (κ1) is 19.5. The molecule has 2 aromatic rings. The molecule has 0 heterocycles. The van der Waals surface area contributed by atoms with Crippen LogP contribution >= 0.6 is 0 Å². The Morgan fingerprint density at radius 2 is 1.32 bits per heavy atom. The number of hydrogen-bond acceptors (Lipinski definition) is 8. The highest BCUT2D eigenvalue weighted by Crippen LogP contribution is 2.39. The van der Waals surface area contributed by atoms with E-state index in [9.17, 15) is 40.2 Å². The smallest absolute Gasteiger partial charge is 0.284 e. The molecule has 0 saturated heterocycles. The zero-order valence-electron chi connectivity index (χ0n) is 14.3. The van der Waals surface area contributed by atoms with E-state index in [1.807, 2.05) is 0 Å². The van der Waals surface area contributed by atoms with Crippen molar-refractivity contribution in [3.63, 3.8) is 0 Å². The Labute approximate surface area is 158 Å². The third kappa shape index (κ3) is 3.00. The summed E-state index contributed by atoms with van der Waals surface area (Å²) in [5.74, 6) is -11.0. The predicted molar refractivity (Wildman–Crippen MR) is 95.3 cm³/mol. The van der Waals surface area contributed by atoms with Crippen LogP contribution in [-0.2, 0) is 0 Å². The quantitative estimate of drug-likeness (QED) is 0.330. The zero-order valence-corrected chi connectivity index (χ0v) is 14.3. The Kier molecular flexibility index (Phi) is 4.66. The number of aromatic hydroxyl groups is 1. The second-order valence-corrected chi connectivity index (χ2v) is 6.24. The lowest BCUT2D eigenvalue weighted by Crippen LogP contribution is -2.60. The Morgan fingerprint density at radius 1 is 0.714 bits per heavy atom. The summed E-state index contributed by atoms with van der Waals surface area (Å²) in [4.78, 5) is 25.4. The number of hydrogen-bond donors (Lipinski definition) is 6. The van der Waals surface area contributed by atoms with Gasteiger partial charge < -0.3 is 30.6 Å². The second-order valence-electron chi connectivity index (χ2n) is 6.24. The summed E-state index contributed by atoms with van der Waals surface area (Å²) in [5, 5.41) is 60.3. The number of ketones is 2. The maximum Gasteiger partial charge on any atom is 0.284 e. The van der Waals surface area contributed by atoms with Gasteiger partial charge in [-0.1, -0.05) is 42.5 Å². The van der Waals surface area contributed by atoms with Gasteiger partial charge in [0.2, 0.25) is 0 Å². The number of phenolic OH excluding ortho intramolecular Hbond substituents is 1. The maximum absolute atomic E-state index is 12.7. The molecule has 144 valence electrons. The van der Waals surface area contributed by atoms with Gasteiger partial charge in [-0.15, -0.1) is 0 Å². The molecule has 0 aromatic heterocycles. The van der Waals surface area contributed by atoms with Crippen molar-refractivity contribution in [1.82, 2.24) is 0 Å². The molecule has 0 spiro atoms. The molecule has 6 N–H and O–H groups in total. The van der Waals surface area contributed by atoms with E-state index in [4.69, 9.17) is 0 Å². The zero-order chi connectivity index (χ0) is 20.7. The van der Waals surface area contributed by atoms with Crippen LogP contribution in [0.25, 0.3) is 0 Å². The van der Waals surface area contributed by atoms with E-state index in [1.165, 1.54) is 42.5 Å². The Bertz CT molecular complexity index is 1020. The highest BCUT2D eigenvalue weighted by Gasteiger charge is 2.59. The van der Waals surface area contributed by atoms with Crippen molar-refractivity contribution in [3.8, 4) is 5.75 Å². The summed E-state index contributed by atoms with van der Waals surface area (Å²) in [5.41, 5.74) is -1.82. The van der Waals surface area contributed by atoms with E-state index < -0.39 is 40.0 Å². The number of phenols is 1. The third-order valence-electron chi connectivity index (χ3n) is 4.37. The number of aliphatic hydroxyl groups is 5. The monoisotopic (exact) mass is 384 g/mol. The number of carbonyl (C=O) groups is 2. The topological polar surface area (TPSA) is 156 Å². The van der Waals surface area contributed by atoms with Crippen molar-refractivity contribution in [2.24, 2.45) is 0 Å². The van der Waals surface area contributed by atoms with Crippen LogP contribution in [0.2, 0.25) is 0 Å². The first-order valence-corrected chi connectivity index (χ1v) is 8.06. The Morgan fingerprint density at radius 3 is 1.93 bits per heavy atom. The lowest BCUT2D eigenvalue weighted by Gasteiger charge is -2.38. The van der Waals surface area contributed by atoms with Gasteiger partial charge in [-0.25, -0.2) is 0 Å². The largest absolute Gasteiger partial charge is 0.508 e. The van der Waals surface area contributed by atoms with Gasteiger partial charge in [-0.3, -0.25) is 9.59 Å². The lowest BCUT2D eigenvalue weighted by atomic mass is 9.81. The molecule has 3 rings (SSSR count). The van der Waals surface area contributed by atoms with Crippen LogP contribution < -0.4 is 0 Å². The van der Waals surface area contributed by atoms with Gasteiger partial charge in [0.05, 0.1) is 11.1 Å². The van der Waals surface area contributed by atoms with Gasteiger partial charge in [0, 0.05) is 11.1 Å². The molecule has 0 atom stereocenters. The van der Waals surface area contributed by atoms with Crippen LogP contribution in [0.3, 0.4) is 0 Å². The summed E-state index contributed by atoms with van der Waals surface area (Å²) in [6, 6.07) is 12.3. The van der Waals surface area contributed by atoms with Crippen LogP contribution in [0.5, 0.6) is 5.75 Å². The third-order valence-corrected chi connectivity index (χ3v) is 4.37. The van der Waals surface area contributed by atoms with E-state index >= 15 is 0 Å². The van der Waals surface area contributed by atoms with Gasteiger partial charge in [-0.2, -0.15) is 0 Å². The molecular formula is C20H16O8. The molecule has 1 aliphatic rings. The van der Waals surface area contributed by atoms with Gasteiger partial charge in [0.25, 0.3) is 11.6 Å². The van der Waals surface area contributed by atoms with E-state index in [2.05, 4.69) is 0 Å². The van der Waals surface area contributed by atoms with Crippen molar-refractivity contribution in [2.75, 3.05) is 0 Å². The van der Waals surface area contributed by atoms with Crippen molar-refractivity contribution < 1.29 is 40.2 Å². The lowest BCUT2D eigenvalue weighted by molar-refractivity contribution is -0.328. The molecule has 28 heavy (non-hydrogen) atoms. The fourth-order valence-electron chi connectivity index (χ4n) is 2.80. The van der Waals surface area contributed by atoms with E-state index in [0.29, 0.717) is 6.08 Å². The fraction of sp³-hybridized carbons (Fsp3) is 0.100. The van der Waals surface area contributed by atoms with Gasteiger partial charge in [-0.05, 0) is 18.2 Å². The number of carbonyl (C=O) groups excluding carboxylic acids is 2. The first-order valence-electron chi connectivity index (χ1n) is 8.06. The molecule has 0 fully saturated rings. The van der Waals surface area contributed by atoms with E-state index in [-0.39, 0.29) is 16.9 Å². The standard InChI is InChI=1S/C20H16O8/c21-13-8-4-7-12(9-13)16(22)14-10-15(17(23)11-5-2-1-3-6-11)19(25,26)20(27,28)18(14)24/h1-10,21,24-28H. The van der Waals surface area contributed by atoms with Crippen LogP contribution in [0.4, 0.5) is 0 Å². The Balaban J connectivity index is 2.17. The minimum absolute atomic E-state index is 0.0115. The van der Waals surface area contributed by atoms with Gasteiger partial charge >= 0.3 is 0 Å². The van der Waals surface area contributed by atoms with Crippen molar-refractivity contribution in [1.29, 1.82) is 0 Å². The number of Topliss-reactive ketones (excluding diaryl/α,β-unsaturated/α-hetero) is 2. The molecular weight excluding hydrogens is 368 g/mol. The summed E-state index contributed by atoms with van der Waals surface area (Å²) in [6.07, 6.45) is 0.682. The fourth-order valence-corrected chi connectivity index (χ4v) is 2.80. The minimum Gasteiger partial charge on any atom is -0.508 e. The summed E-state index contributed by atoms with van der Waals surface area (Å²) in [7, 11) is 0. The number of aliphatic hydroxyl groups excluding tert-OH is 1. The summed E-state index contributed by atoms with van der Waals surface area (Å²) >= 11 is 0. The SMILES string of the molecule is O=C(C1=CC(C(=O)c2cccc(O)c2)=C(O)C(O)(O)C1(O)O)c1ccccc1. The van der Waals surface area contributed by atoms with Crippen LogP contribution in [0, 0.1) is 0 Å². The summed E-state index contributed by atoms with van der Waals surface area (Å²) < 4.78 is 0. The molecule has 0 saturated carbocycles. The van der Waals surface area contributed by atoms with Gasteiger partial charge in [0.15, 0.2) is 17.3 Å². The number of benzene rings is 2. The van der Waals surface area contributed by atoms with E-state index in [1.54, 1.807) is 6.07 Å². The van der Waals surface area contributed by atoms with E-state index in [0.717, 1.165) is 6.07 Å². The average Bonchev–Trinajstić information content (AvgIpc) is 2.67.